The molecule has 0 amide bonds. The van der Waals surface area contributed by atoms with Crippen molar-refractivity contribution in [3.8, 4) is 5.75 Å². The van der Waals surface area contributed by atoms with Gasteiger partial charge in [-0.1, -0.05) is 37.3 Å². The largest absolute Gasteiger partial charge is 0.487 e. The molecule has 3 heteroatoms. The lowest BCUT2D eigenvalue weighted by Gasteiger charge is -2.07. The van der Waals surface area contributed by atoms with Gasteiger partial charge in [-0.2, -0.15) is 0 Å². The Hall–Kier alpha value is -1.87. The minimum atomic E-state index is 0.251. The Morgan fingerprint density at radius 2 is 2.00 bits per heavy atom. The van der Waals surface area contributed by atoms with Crippen molar-refractivity contribution in [2.75, 3.05) is 6.61 Å². The first-order chi connectivity index (χ1) is 9.79. The zero-order valence-corrected chi connectivity index (χ0v) is 11.6. The highest BCUT2D eigenvalue weighted by Gasteiger charge is 2.47. The molecule has 1 aliphatic carbocycles. The van der Waals surface area contributed by atoms with E-state index in [0.717, 1.165) is 11.3 Å². The summed E-state index contributed by atoms with van der Waals surface area (Å²) >= 11 is 0. The zero-order chi connectivity index (χ0) is 13.9. The molecule has 0 saturated heterocycles. The number of ether oxygens (including phenoxy) is 1. The highest BCUT2D eigenvalue weighted by Crippen LogP contribution is 2.53. The Morgan fingerprint density at radius 3 is 2.70 bits per heavy atom. The van der Waals surface area contributed by atoms with E-state index in [2.05, 4.69) is 11.9 Å². The van der Waals surface area contributed by atoms with E-state index < -0.39 is 0 Å². The Kier molecular flexibility index (Phi) is 3.70. The smallest absolute Gasteiger partial charge is 0.138 e. The van der Waals surface area contributed by atoms with Crippen LogP contribution in [0.1, 0.15) is 24.0 Å². The second-order valence-corrected chi connectivity index (χ2v) is 5.46. The summed E-state index contributed by atoms with van der Waals surface area (Å²) in [6.07, 6.45) is 3.62. The van der Waals surface area contributed by atoms with Crippen LogP contribution >= 0.6 is 0 Å². The predicted molar refractivity (Wildman–Crippen MR) is 77.5 cm³/mol. The highest BCUT2D eigenvalue weighted by atomic mass is 16.5. The number of benzene rings is 1. The Balaban J connectivity index is 1.66. The number of rotatable bonds is 5. The Bertz CT molecular complexity index is 570. The van der Waals surface area contributed by atoms with Gasteiger partial charge in [-0.05, 0) is 34.9 Å². The molecule has 1 N–H and O–H groups in total. The first-order valence-electron chi connectivity index (χ1n) is 7.02. The Labute approximate surface area is 119 Å². The molecular formula is C17H19NO2. The van der Waals surface area contributed by atoms with E-state index in [9.17, 15) is 5.11 Å². The second-order valence-electron chi connectivity index (χ2n) is 5.46. The molecule has 3 atom stereocenters. The monoisotopic (exact) mass is 269 g/mol. The summed E-state index contributed by atoms with van der Waals surface area (Å²) in [6.45, 7) is 2.97. The highest BCUT2D eigenvalue weighted by molar-refractivity contribution is 5.32. The minimum absolute atomic E-state index is 0.251. The normalized spacial score (nSPS) is 24.4. The molecule has 104 valence electrons. The van der Waals surface area contributed by atoms with Crippen molar-refractivity contribution in [2.24, 2.45) is 11.8 Å². The van der Waals surface area contributed by atoms with Gasteiger partial charge in [0, 0.05) is 12.8 Å². The average Bonchev–Trinajstić information content (AvgIpc) is 3.17. The lowest BCUT2D eigenvalue weighted by atomic mass is 10.1. The van der Waals surface area contributed by atoms with Gasteiger partial charge in [0.25, 0.3) is 0 Å². The standard InChI is InChI=1S/C17H19NO2/c1-12-16(10-19)17(12)14-7-15(9-18-8-14)20-11-13-5-3-2-4-6-13/h2-9,12,16-17,19H,10-11H2,1H3. The van der Waals surface area contributed by atoms with Crippen LogP contribution in [0.4, 0.5) is 0 Å². The molecule has 1 aliphatic rings. The van der Waals surface area contributed by atoms with E-state index in [4.69, 9.17) is 4.74 Å². The predicted octanol–water partition coefficient (Wildman–Crippen LogP) is 3.00. The molecule has 0 aliphatic heterocycles. The third-order valence-corrected chi connectivity index (χ3v) is 4.14. The molecule has 0 radical (unpaired) electrons. The van der Waals surface area contributed by atoms with Crippen LogP contribution in [0.5, 0.6) is 5.75 Å². The van der Waals surface area contributed by atoms with Crippen molar-refractivity contribution in [2.45, 2.75) is 19.4 Å². The first-order valence-corrected chi connectivity index (χ1v) is 7.02. The van der Waals surface area contributed by atoms with Gasteiger partial charge in [0.05, 0.1) is 6.20 Å². The maximum Gasteiger partial charge on any atom is 0.138 e. The van der Waals surface area contributed by atoms with E-state index in [1.165, 1.54) is 5.56 Å². The van der Waals surface area contributed by atoms with Crippen LogP contribution in [0, 0.1) is 11.8 Å². The number of aromatic nitrogens is 1. The fourth-order valence-corrected chi connectivity index (χ4v) is 2.81. The number of hydrogen-bond acceptors (Lipinski definition) is 3. The molecule has 1 fully saturated rings. The lowest BCUT2D eigenvalue weighted by molar-refractivity contribution is 0.268. The molecule has 1 aromatic carbocycles. The number of nitrogens with zero attached hydrogens (tertiary/aromatic N) is 1. The van der Waals surface area contributed by atoms with Crippen molar-refractivity contribution in [3.05, 3.63) is 59.9 Å². The van der Waals surface area contributed by atoms with Crippen molar-refractivity contribution < 1.29 is 9.84 Å². The van der Waals surface area contributed by atoms with E-state index in [1.807, 2.05) is 42.6 Å². The van der Waals surface area contributed by atoms with Crippen LogP contribution in [0.25, 0.3) is 0 Å². The van der Waals surface area contributed by atoms with Gasteiger partial charge in [0.1, 0.15) is 12.4 Å². The van der Waals surface area contributed by atoms with Gasteiger partial charge in [0.15, 0.2) is 0 Å². The first kappa shape index (κ1) is 13.1. The second kappa shape index (κ2) is 5.63. The maximum atomic E-state index is 9.28. The van der Waals surface area contributed by atoms with Crippen molar-refractivity contribution >= 4 is 0 Å². The van der Waals surface area contributed by atoms with Crippen LogP contribution in [0.15, 0.2) is 48.8 Å². The molecule has 1 heterocycles. The molecule has 0 spiro atoms. The van der Waals surface area contributed by atoms with E-state index in [0.29, 0.717) is 24.4 Å². The zero-order valence-electron chi connectivity index (χ0n) is 11.6. The molecule has 1 saturated carbocycles. The summed E-state index contributed by atoms with van der Waals surface area (Å²) in [5, 5.41) is 9.28. The van der Waals surface area contributed by atoms with Gasteiger partial charge in [-0.3, -0.25) is 4.98 Å². The fraction of sp³-hybridized carbons (Fsp3) is 0.353. The Morgan fingerprint density at radius 1 is 1.20 bits per heavy atom. The summed E-state index contributed by atoms with van der Waals surface area (Å²) in [5.41, 5.74) is 2.31. The third-order valence-electron chi connectivity index (χ3n) is 4.14. The molecule has 1 aromatic heterocycles. The van der Waals surface area contributed by atoms with Gasteiger partial charge in [0.2, 0.25) is 0 Å². The van der Waals surface area contributed by atoms with Crippen LogP contribution in [0.3, 0.4) is 0 Å². The van der Waals surface area contributed by atoms with Crippen LogP contribution in [-0.2, 0) is 6.61 Å². The minimum Gasteiger partial charge on any atom is -0.487 e. The molecule has 3 unspecified atom stereocenters. The molecule has 3 rings (SSSR count). The van der Waals surface area contributed by atoms with E-state index in [1.54, 1.807) is 6.20 Å². The lowest BCUT2D eigenvalue weighted by Crippen LogP contribution is -1.97. The molecule has 0 bridgehead atoms. The number of aliphatic hydroxyl groups is 1. The third kappa shape index (κ3) is 2.68. The quantitative estimate of drug-likeness (QED) is 0.907. The topological polar surface area (TPSA) is 42.4 Å². The summed E-state index contributed by atoms with van der Waals surface area (Å²) in [6, 6.07) is 12.1. The van der Waals surface area contributed by atoms with Crippen LogP contribution in [-0.4, -0.2) is 16.7 Å². The van der Waals surface area contributed by atoms with E-state index in [-0.39, 0.29) is 6.61 Å². The average molecular weight is 269 g/mol. The molecular weight excluding hydrogens is 250 g/mol. The van der Waals surface area contributed by atoms with E-state index >= 15 is 0 Å². The summed E-state index contributed by atoms with van der Waals surface area (Å²) in [5.74, 6) is 2.13. The summed E-state index contributed by atoms with van der Waals surface area (Å²) in [7, 11) is 0. The summed E-state index contributed by atoms with van der Waals surface area (Å²) < 4.78 is 5.79. The van der Waals surface area contributed by atoms with Crippen molar-refractivity contribution in [1.29, 1.82) is 0 Å². The van der Waals surface area contributed by atoms with Gasteiger partial charge >= 0.3 is 0 Å². The molecule has 20 heavy (non-hydrogen) atoms. The fourth-order valence-electron chi connectivity index (χ4n) is 2.81. The number of hydrogen-bond donors (Lipinski definition) is 1. The van der Waals surface area contributed by atoms with Gasteiger partial charge < -0.3 is 9.84 Å². The molecule has 2 aromatic rings. The van der Waals surface area contributed by atoms with Crippen molar-refractivity contribution in [1.82, 2.24) is 4.98 Å². The van der Waals surface area contributed by atoms with Crippen LogP contribution < -0.4 is 4.74 Å². The van der Waals surface area contributed by atoms with Gasteiger partial charge in [-0.25, -0.2) is 0 Å². The molecule has 3 nitrogen and oxygen atoms in total. The number of aliphatic hydroxyl groups excluding tert-OH is 1. The SMILES string of the molecule is CC1C(CO)C1c1cncc(OCc2ccccc2)c1. The summed E-state index contributed by atoms with van der Waals surface area (Å²) in [4.78, 5) is 4.25. The number of pyridine rings is 1. The maximum absolute atomic E-state index is 9.28. The van der Waals surface area contributed by atoms with Crippen molar-refractivity contribution in [3.63, 3.8) is 0 Å². The van der Waals surface area contributed by atoms with Gasteiger partial charge in [-0.15, -0.1) is 0 Å². The van der Waals surface area contributed by atoms with Crippen LogP contribution in [0.2, 0.25) is 0 Å².